The molecule has 3 N–H and O–H groups in total. The molecule has 0 radical (unpaired) electrons. The molecule has 2 amide bonds. The van der Waals surface area contributed by atoms with Gasteiger partial charge in [0, 0.05) is 18.2 Å². The number of anilines is 1. The molecule has 0 spiro atoms. The van der Waals surface area contributed by atoms with Crippen LogP contribution in [-0.2, 0) is 9.53 Å². The van der Waals surface area contributed by atoms with Gasteiger partial charge < -0.3 is 15.2 Å². The highest BCUT2D eigenvalue weighted by Gasteiger charge is 2.29. The summed E-state index contributed by atoms with van der Waals surface area (Å²) in [6.45, 7) is 0.293. The number of amides is 2. The molecule has 35 heavy (non-hydrogen) atoms. The number of carbonyl (C=O) groups excluding carboxylic acids is 2. The molecule has 0 saturated carbocycles. The molecule has 0 bridgehead atoms. The monoisotopic (exact) mass is 494 g/mol. The van der Waals surface area contributed by atoms with E-state index >= 15 is 0 Å². The first kappa shape index (κ1) is 24.3. The number of nitrogens with one attached hydrogen (secondary N) is 2. The number of rotatable bonds is 9. The van der Waals surface area contributed by atoms with E-state index in [1.165, 1.54) is 6.07 Å². The molecule has 0 atom stereocenters. The van der Waals surface area contributed by atoms with Crippen molar-refractivity contribution in [1.82, 2.24) is 5.32 Å². The fraction of sp³-hybridized carbons (Fsp3) is 0.192. The highest BCUT2D eigenvalue weighted by atomic mass is 32.2. The first-order chi connectivity index (χ1) is 16.9. The lowest BCUT2D eigenvalue weighted by Crippen LogP contribution is -2.28. The second-order valence-corrected chi connectivity index (χ2v) is 8.95. The van der Waals surface area contributed by atoms with Gasteiger partial charge in [0.15, 0.2) is 0 Å². The standard InChI is InChI=1S/C26H23FN2O5S/c27-16-9-10-23(21(13-16)25(32)28-11-12-35-15-24(30)31)29-26(33)34-14-22-19-7-3-1-5-17(19)18-6-2-4-8-20(18)22/h1-10,13,22H,11-12,14-15H2,(H,28,32)(H,29,33)(H,30,31). The van der Waals surface area contributed by atoms with Crippen LogP contribution in [0.3, 0.4) is 0 Å². The molecule has 0 fully saturated rings. The SMILES string of the molecule is O=C(O)CSCCNC(=O)c1cc(F)ccc1NC(=O)OCC1c2ccccc2-c2ccccc21. The first-order valence-electron chi connectivity index (χ1n) is 10.9. The van der Waals surface area contributed by atoms with Gasteiger partial charge in [-0.2, -0.15) is 0 Å². The largest absolute Gasteiger partial charge is 0.481 e. The number of carboxylic acids is 1. The smallest absolute Gasteiger partial charge is 0.411 e. The number of ether oxygens (including phenoxy) is 1. The van der Waals surface area contributed by atoms with Crippen LogP contribution < -0.4 is 10.6 Å². The van der Waals surface area contributed by atoms with E-state index < -0.39 is 23.8 Å². The average molecular weight is 495 g/mol. The highest BCUT2D eigenvalue weighted by molar-refractivity contribution is 7.99. The van der Waals surface area contributed by atoms with E-state index in [9.17, 15) is 18.8 Å². The third-order valence-electron chi connectivity index (χ3n) is 5.56. The first-order valence-corrected chi connectivity index (χ1v) is 12.1. The summed E-state index contributed by atoms with van der Waals surface area (Å²) in [7, 11) is 0. The molecule has 0 aromatic heterocycles. The Morgan fingerprint density at radius 3 is 2.29 bits per heavy atom. The number of aliphatic carboxylic acids is 1. The summed E-state index contributed by atoms with van der Waals surface area (Å²) in [6.07, 6.45) is -0.760. The van der Waals surface area contributed by atoms with Crippen molar-refractivity contribution in [2.75, 3.05) is 30.0 Å². The van der Waals surface area contributed by atoms with E-state index in [0.29, 0.717) is 5.75 Å². The van der Waals surface area contributed by atoms with Crippen LogP contribution in [0.15, 0.2) is 66.7 Å². The Bertz CT molecular complexity index is 1220. The lowest BCUT2D eigenvalue weighted by atomic mass is 9.98. The van der Waals surface area contributed by atoms with Crippen LogP contribution in [0, 0.1) is 5.82 Å². The summed E-state index contributed by atoms with van der Waals surface area (Å²) in [6, 6.07) is 19.4. The Morgan fingerprint density at radius 1 is 0.971 bits per heavy atom. The molecule has 180 valence electrons. The molecule has 3 aromatic carbocycles. The quantitative estimate of drug-likeness (QED) is 0.372. The molecule has 1 aliphatic rings. The molecular formula is C26H23FN2O5S. The van der Waals surface area contributed by atoms with Crippen molar-refractivity contribution in [3.05, 3.63) is 89.2 Å². The fourth-order valence-corrected chi connectivity index (χ4v) is 4.61. The lowest BCUT2D eigenvalue weighted by molar-refractivity contribution is -0.133. The van der Waals surface area contributed by atoms with Gasteiger partial charge in [0.25, 0.3) is 5.91 Å². The predicted molar refractivity (Wildman–Crippen MR) is 132 cm³/mol. The van der Waals surface area contributed by atoms with E-state index in [0.717, 1.165) is 46.1 Å². The normalized spacial score (nSPS) is 11.9. The Balaban J connectivity index is 1.39. The molecule has 0 unspecified atom stereocenters. The van der Waals surface area contributed by atoms with Gasteiger partial charge in [-0.05, 0) is 40.5 Å². The number of hydrogen-bond donors (Lipinski definition) is 3. The van der Waals surface area contributed by atoms with Gasteiger partial charge in [-0.3, -0.25) is 14.9 Å². The van der Waals surface area contributed by atoms with Crippen LogP contribution in [0.1, 0.15) is 27.4 Å². The van der Waals surface area contributed by atoms with Crippen LogP contribution in [0.2, 0.25) is 0 Å². The van der Waals surface area contributed by atoms with Crippen molar-refractivity contribution in [2.24, 2.45) is 0 Å². The third-order valence-corrected chi connectivity index (χ3v) is 6.51. The molecule has 3 aromatic rings. The van der Waals surface area contributed by atoms with Crippen molar-refractivity contribution >= 4 is 35.4 Å². The van der Waals surface area contributed by atoms with Crippen LogP contribution in [0.25, 0.3) is 11.1 Å². The second kappa shape index (κ2) is 11.1. The Labute approximate surface area is 205 Å². The minimum atomic E-state index is -0.943. The minimum Gasteiger partial charge on any atom is -0.481 e. The number of thioether (sulfide) groups is 1. The van der Waals surface area contributed by atoms with Crippen molar-refractivity contribution in [1.29, 1.82) is 0 Å². The molecule has 1 aliphatic carbocycles. The zero-order chi connectivity index (χ0) is 24.8. The third kappa shape index (κ3) is 5.81. The number of carbonyl (C=O) groups is 3. The number of carboxylic acid groups (broad SMARTS) is 1. The molecular weight excluding hydrogens is 471 g/mol. The molecule has 4 rings (SSSR count). The van der Waals surface area contributed by atoms with Gasteiger partial charge in [0.1, 0.15) is 12.4 Å². The van der Waals surface area contributed by atoms with Crippen molar-refractivity contribution < 1.29 is 28.6 Å². The van der Waals surface area contributed by atoms with Gasteiger partial charge >= 0.3 is 12.1 Å². The van der Waals surface area contributed by atoms with Gasteiger partial charge in [-0.1, -0.05) is 48.5 Å². The van der Waals surface area contributed by atoms with Gasteiger partial charge in [0.05, 0.1) is 17.0 Å². The zero-order valence-electron chi connectivity index (χ0n) is 18.6. The maximum Gasteiger partial charge on any atom is 0.411 e. The van der Waals surface area contributed by atoms with Crippen LogP contribution >= 0.6 is 11.8 Å². The maximum atomic E-state index is 13.8. The van der Waals surface area contributed by atoms with Crippen molar-refractivity contribution in [2.45, 2.75) is 5.92 Å². The molecule has 0 aliphatic heterocycles. The number of fused-ring (bicyclic) bond motifs is 3. The summed E-state index contributed by atoms with van der Waals surface area (Å²) < 4.78 is 19.3. The Hall–Kier alpha value is -3.85. The average Bonchev–Trinajstić information content (AvgIpc) is 3.17. The van der Waals surface area contributed by atoms with Crippen LogP contribution in [0.5, 0.6) is 0 Å². The summed E-state index contributed by atoms with van der Waals surface area (Å²) in [5, 5.41) is 13.8. The molecule has 0 heterocycles. The van der Waals surface area contributed by atoms with E-state index in [-0.39, 0.29) is 36.1 Å². The van der Waals surface area contributed by atoms with E-state index in [2.05, 4.69) is 10.6 Å². The van der Waals surface area contributed by atoms with Crippen LogP contribution in [0.4, 0.5) is 14.9 Å². The van der Waals surface area contributed by atoms with Gasteiger partial charge in [-0.25, -0.2) is 9.18 Å². The van der Waals surface area contributed by atoms with Crippen molar-refractivity contribution in [3.63, 3.8) is 0 Å². The summed E-state index contributed by atoms with van der Waals surface area (Å²) in [4.78, 5) is 35.7. The minimum absolute atomic E-state index is 0.0539. The maximum absolute atomic E-state index is 13.8. The number of halogens is 1. The highest BCUT2D eigenvalue weighted by Crippen LogP contribution is 2.44. The molecule has 7 nitrogen and oxygen atoms in total. The van der Waals surface area contributed by atoms with E-state index in [1.807, 2.05) is 48.5 Å². The fourth-order valence-electron chi connectivity index (χ4n) is 4.05. The Morgan fingerprint density at radius 2 is 1.63 bits per heavy atom. The van der Waals surface area contributed by atoms with E-state index in [1.54, 1.807) is 0 Å². The predicted octanol–water partition coefficient (Wildman–Crippen LogP) is 4.73. The van der Waals surface area contributed by atoms with Crippen molar-refractivity contribution in [3.8, 4) is 11.1 Å². The van der Waals surface area contributed by atoms with E-state index in [4.69, 9.17) is 9.84 Å². The number of hydrogen-bond acceptors (Lipinski definition) is 5. The summed E-state index contributed by atoms with van der Waals surface area (Å²) >= 11 is 1.15. The Kier molecular flexibility index (Phi) is 7.67. The molecule has 0 saturated heterocycles. The lowest BCUT2D eigenvalue weighted by Gasteiger charge is -2.16. The molecule has 9 heteroatoms. The second-order valence-electron chi connectivity index (χ2n) is 7.84. The number of benzene rings is 3. The van der Waals surface area contributed by atoms with Crippen LogP contribution in [-0.4, -0.2) is 47.7 Å². The summed E-state index contributed by atoms with van der Waals surface area (Å²) in [5.74, 6) is -1.98. The van der Waals surface area contributed by atoms with Gasteiger partial charge in [-0.15, -0.1) is 11.8 Å². The zero-order valence-corrected chi connectivity index (χ0v) is 19.4. The summed E-state index contributed by atoms with van der Waals surface area (Å²) in [5.41, 5.74) is 4.42. The topological polar surface area (TPSA) is 105 Å². The van der Waals surface area contributed by atoms with Gasteiger partial charge in [0.2, 0.25) is 0 Å².